The topological polar surface area (TPSA) is 29.0 Å². The van der Waals surface area contributed by atoms with Gasteiger partial charge in [-0.2, -0.15) is 0 Å². The Bertz CT molecular complexity index is 163. The molecule has 0 unspecified atom stereocenters. The van der Waals surface area contributed by atoms with E-state index in [0.717, 1.165) is 12.3 Å². The Labute approximate surface area is 75.5 Å². The van der Waals surface area contributed by atoms with E-state index in [9.17, 15) is 0 Å². The molecule has 0 aromatic heterocycles. The molecule has 0 spiro atoms. The Kier molecular flexibility index (Phi) is 3.57. The predicted molar refractivity (Wildman–Crippen MR) is 52.5 cm³/mol. The Morgan fingerprint density at radius 1 is 1.25 bits per heavy atom. The lowest BCUT2D eigenvalue weighted by Crippen LogP contribution is -2.33. The molecule has 0 atom stereocenters. The van der Waals surface area contributed by atoms with Crippen LogP contribution in [0.15, 0.2) is 0 Å². The Morgan fingerprint density at radius 2 is 1.83 bits per heavy atom. The molecule has 1 aliphatic heterocycles. The van der Waals surface area contributed by atoms with Crippen LogP contribution in [0.1, 0.15) is 39.5 Å². The highest BCUT2D eigenvalue weighted by atomic mass is 15.1. The van der Waals surface area contributed by atoms with Crippen LogP contribution >= 0.6 is 0 Å². The van der Waals surface area contributed by atoms with Crippen molar-refractivity contribution in [1.29, 1.82) is 0 Å². The van der Waals surface area contributed by atoms with Crippen molar-refractivity contribution in [3.05, 3.63) is 0 Å². The molecule has 12 heavy (non-hydrogen) atoms. The highest BCUT2D eigenvalue weighted by Gasteiger charge is 2.13. The maximum atomic E-state index is 5.99. The van der Waals surface area contributed by atoms with E-state index in [-0.39, 0.29) is 0 Å². The van der Waals surface area contributed by atoms with Crippen LogP contribution in [-0.2, 0) is 0 Å². The van der Waals surface area contributed by atoms with Crippen molar-refractivity contribution in [2.24, 2.45) is 11.7 Å². The SMILES string of the molecule is CC(C)CC(N)=[N+]1CCCCC1. The normalized spacial score (nSPS) is 18.4. The summed E-state index contributed by atoms with van der Waals surface area (Å²) in [5, 5.41) is 0. The molecule has 2 heteroatoms. The second-order valence-corrected chi connectivity index (χ2v) is 4.14. The lowest BCUT2D eigenvalue weighted by Gasteiger charge is -2.15. The van der Waals surface area contributed by atoms with Gasteiger partial charge in [-0.1, -0.05) is 13.8 Å². The maximum Gasteiger partial charge on any atom is 0.242 e. The molecule has 70 valence electrons. The van der Waals surface area contributed by atoms with Crippen molar-refractivity contribution in [3.63, 3.8) is 0 Å². The highest BCUT2D eigenvalue weighted by molar-refractivity contribution is 5.75. The fraction of sp³-hybridized carbons (Fsp3) is 0.900. The number of amidine groups is 1. The Balaban J connectivity index is 2.48. The molecule has 0 saturated carbocycles. The lowest BCUT2D eigenvalue weighted by molar-refractivity contribution is -0.539. The summed E-state index contributed by atoms with van der Waals surface area (Å²) in [4.78, 5) is 0. The Hall–Kier alpha value is -0.530. The van der Waals surface area contributed by atoms with Crippen molar-refractivity contribution in [1.82, 2.24) is 0 Å². The first-order valence-corrected chi connectivity index (χ1v) is 5.06. The van der Waals surface area contributed by atoms with Gasteiger partial charge in [0.1, 0.15) is 0 Å². The zero-order valence-electron chi connectivity index (χ0n) is 8.34. The molecule has 0 aromatic carbocycles. The zero-order chi connectivity index (χ0) is 8.97. The minimum atomic E-state index is 0.687. The van der Waals surface area contributed by atoms with Gasteiger partial charge >= 0.3 is 0 Å². The van der Waals surface area contributed by atoms with E-state index in [4.69, 9.17) is 5.73 Å². The number of hydrogen-bond donors (Lipinski definition) is 1. The van der Waals surface area contributed by atoms with Gasteiger partial charge in [-0.15, -0.1) is 0 Å². The highest BCUT2D eigenvalue weighted by Crippen LogP contribution is 2.06. The molecule has 1 saturated heterocycles. The summed E-state index contributed by atoms with van der Waals surface area (Å²) < 4.78 is 2.35. The zero-order valence-corrected chi connectivity index (χ0v) is 8.34. The van der Waals surface area contributed by atoms with Gasteiger partial charge in [-0.3, -0.25) is 10.3 Å². The standard InChI is InChI=1S/C10H20N2/c1-9(2)8-10(11)12-6-4-3-5-7-12/h9,11H,3-8H2,1-2H3/p+1. The van der Waals surface area contributed by atoms with Gasteiger partial charge in [0.05, 0.1) is 19.5 Å². The van der Waals surface area contributed by atoms with Crippen molar-refractivity contribution in [2.75, 3.05) is 13.1 Å². The summed E-state index contributed by atoms with van der Waals surface area (Å²) in [6.07, 6.45) is 5.07. The predicted octanol–water partition coefficient (Wildman–Crippen LogP) is 1.59. The van der Waals surface area contributed by atoms with E-state index < -0.39 is 0 Å². The minimum absolute atomic E-state index is 0.687. The Morgan fingerprint density at radius 3 is 2.33 bits per heavy atom. The fourth-order valence-electron chi connectivity index (χ4n) is 1.73. The summed E-state index contributed by atoms with van der Waals surface area (Å²) in [5.74, 6) is 1.79. The first-order valence-electron chi connectivity index (χ1n) is 5.06. The van der Waals surface area contributed by atoms with Crippen LogP contribution in [-0.4, -0.2) is 23.5 Å². The van der Waals surface area contributed by atoms with Gasteiger partial charge in [0.15, 0.2) is 0 Å². The van der Waals surface area contributed by atoms with Crippen LogP contribution in [0.5, 0.6) is 0 Å². The second kappa shape index (κ2) is 4.48. The van der Waals surface area contributed by atoms with Crippen LogP contribution in [0.3, 0.4) is 0 Å². The molecule has 2 N–H and O–H groups in total. The van der Waals surface area contributed by atoms with E-state index in [1.165, 1.54) is 32.4 Å². The number of nitrogens with two attached hydrogens (primary N) is 1. The molecule has 0 radical (unpaired) electrons. The quantitative estimate of drug-likeness (QED) is 0.493. The second-order valence-electron chi connectivity index (χ2n) is 4.14. The van der Waals surface area contributed by atoms with Crippen LogP contribution in [0.25, 0.3) is 0 Å². The van der Waals surface area contributed by atoms with Crippen LogP contribution in [0, 0.1) is 5.92 Å². The monoisotopic (exact) mass is 169 g/mol. The first-order chi connectivity index (χ1) is 5.70. The number of piperidine rings is 1. The van der Waals surface area contributed by atoms with E-state index in [0.29, 0.717) is 5.92 Å². The van der Waals surface area contributed by atoms with Gasteiger partial charge in [-0.05, 0) is 25.2 Å². The number of hydrogen-bond acceptors (Lipinski definition) is 0. The summed E-state index contributed by atoms with van der Waals surface area (Å²) in [7, 11) is 0. The molecule has 0 aliphatic carbocycles. The van der Waals surface area contributed by atoms with E-state index in [2.05, 4.69) is 18.4 Å². The largest absolute Gasteiger partial charge is 0.291 e. The van der Waals surface area contributed by atoms with Crippen LogP contribution < -0.4 is 5.73 Å². The molecular weight excluding hydrogens is 148 g/mol. The van der Waals surface area contributed by atoms with Gasteiger partial charge in [-0.25, -0.2) is 0 Å². The summed E-state index contributed by atoms with van der Waals surface area (Å²) in [6.45, 7) is 6.80. The molecule has 0 amide bonds. The first kappa shape index (κ1) is 9.56. The molecule has 1 rings (SSSR count). The van der Waals surface area contributed by atoms with Crippen molar-refractivity contribution >= 4 is 5.84 Å². The summed E-state index contributed by atoms with van der Waals surface area (Å²) in [6, 6.07) is 0. The average molecular weight is 169 g/mol. The molecule has 1 aliphatic rings. The smallest absolute Gasteiger partial charge is 0.242 e. The minimum Gasteiger partial charge on any atom is -0.291 e. The van der Waals surface area contributed by atoms with Crippen molar-refractivity contribution < 1.29 is 4.58 Å². The van der Waals surface area contributed by atoms with Gasteiger partial charge in [0.25, 0.3) is 0 Å². The third kappa shape index (κ3) is 2.84. The van der Waals surface area contributed by atoms with E-state index in [1.54, 1.807) is 0 Å². The summed E-state index contributed by atoms with van der Waals surface area (Å²) >= 11 is 0. The third-order valence-electron chi connectivity index (χ3n) is 2.38. The molecular formula is C10H21N2+. The van der Waals surface area contributed by atoms with E-state index in [1.807, 2.05) is 0 Å². The van der Waals surface area contributed by atoms with Gasteiger partial charge < -0.3 is 0 Å². The number of rotatable bonds is 2. The molecule has 0 aromatic rings. The lowest BCUT2D eigenvalue weighted by atomic mass is 10.1. The van der Waals surface area contributed by atoms with Crippen LogP contribution in [0.4, 0.5) is 0 Å². The van der Waals surface area contributed by atoms with Gasteiger partial charge in [0, 0.05) is 0 Å². The molecule has 2 nitrogen and oxygen atoms in total. The van der Waals surface area contributed by atoms with Gasteiger partial charge in [0.2, 0.25) is 5.84 Å². The average Bonchev–Trinajstić information content (AvgIpc) is 2.05. The number of nitrogens with zero attached hydrogens (tertiary/aromatic N) is 1. The fourth-order valence-corrected chi connectivity index (χ4v) is 1.73. The molecule has 1 fully saturated rings. The van der Waals surface area contributed by atoms with E-state index >= 15 is 0 Å². The van der Waals surface area contributed by atoms with Crippen molar-refractivity contribution in [2.45, 2.75) is 39.5 Å². The van der Waals surface area contributed by atoms with Crippen LogP contribution in [0.2, 0.25) is 0 Å². The van der Waals surface area contributed by atoms with Crippen molar-refractivity contribution in [3.8, 4) is 0 Å². The molecule has 0 bridgehead atoms. The summed E-state index contributed by atoms with van der Waals surface area (Å²) in [5.41, 5.74) is 5.99. The molecule has 1 heterocycles. The maximum absolute atomic E-state index is 5.99. The third-order valence-corrected chi connectivity index (χ3v) is 2.38.